The molecule has 0 spiro atoms. The summed E-state index contributed by atoms with van der Waals surface area (Å²) in [6.07, 6.45) is 5.59. The normalized spacial score (nSPS) is 21.9. The Labute approximate surface area is 254 Å². The number of carbonyl (C=O) groups is 2. The number of ether oxygens (including phenoxy) is 1. The van der Waals surface area contributed by atoms with E-state index in [1.165, 1.54) is 5.69 Å². The highest BCUT2D eigenvalue weighted by molar-refractivity contribution is 5.96. The van der Waals surface area contributed by atoms with Crippen molar-refractivity contribution in [1.29, 1.82) is 0 Å². The molecule has 2 bridgehead atoms. The number of benzene rings is 2. The number of hydrogen-bond acceptors (Lipinski definition) is 7. The molecule has 43 heavy (non-hydrogen) atoms. The van der Waals surface area contributed by atoms with Crippen molar-refractivity contribution in [2.75, 3.05) is 50.1 Å². The van der Waals surface area contributed by atoms with Crippen LogP contribution in [0.2, 0.25) is 0 Å². The minimum absolute atomic E-state index is 0.0474. The number of aromatic nitrogens is 1. The Morgan fingerprint density at radius 2 is 1.70 bits per heavy atom. The number of rotatable bonds is 8. The van der Waals surface area contributed by atoms with Gasteiger partial charge in [0.1, 0.15) is 11.6 Å². The summed E-state index contributed by atoms with van der Waals surface area (Å²) in [6, 6.07) is 18.6. The predicted octanol–water partition coefficient (Wildman–Crippen LogP) is 4.01. The van der Waals surface area contributed by atoms with E-state index >= 15 is 0 Å². The van der Waals surface area contributed by atoms with Crippen LogP contribution in [0.1, 0.15) is 57.5 Å². The molecule has 3 atom stereocenters. The molecule has 0 radical (unpaired) electrons. The van der Waals surface area contributed by atoms with Gasteiger partial charge < -0.3 is 30.1 Å². The van der Waals surface area contributed by atoms with Crippen LogP contribution in [0.15, 0.2) is 60.8 Å². The van der Waals surface area contributed by atoms with Crippen LogP contribution in [-0.4, -0.2) is 80.2 Å². The number of carbonyl (C=O) groups excluding carboxylic acids is 2. The van der Waals surface area contributed by atoms with Gasteiger partial charge in [0.2, 0.25) is 0 Å². The second kappa shape index (κ2) is 12.6. The van der Waals surface area contributed by atoms with Crippen LogP contribution in [-0.2, 0) is 6.54 Å². The van der Waals surface area contributed by atoms with Crippen molar-refractivity contribution in [2.24, 2.45) is 0 Å². The quantitative estimate of drug-likeness (QED) is 0.415. The van der Waals surface area contributed by atoms with Gasteiger partial charge in [-0.25, -0.2) is 4.98 Å². The van der Waals surface area contributed by atoms with E-state index in [9.17, 15) is 9.59 Å². The first-order chi connectivity index (χ1) is 20.9. The SMILES string of the molecule is COc1cccc(C(=O)N[C@H]2C[C@H]3CC[C@@H](C2)N3c2ccc(C(=O)NCc3cccc(N4CCN(C)CC4)c3)cn2)c1C. The summed E-state index contributed by atoms with van der Waals surface area (Å²) < 4.78 is 5.40. The summed E-state index contributed by atoms with van der Waals surface area (Å²) in [4.78, 5) is 37.9. The number of methoxy groups -OCH3 is 1. The van der Waals surface area contributed by atoms with E-state index in [1.54, 1.807) is 13.3 Å². The molecule has 0 saturated carbocycles. The van der Waals surface area contributed by atoms with Crippen molar-refractivity contribution in [1.82, 2.24) is 20.5 Å². The molecule has 4 heterocycles. The summed E-state index contributed by atoms with van der Waals surface area (Å²) in [5.74, 6) is 1.45. The maximum atomic E-state index is 13.1. The van der Waals surface area contributed by atoms with E-state index in [0.717, 1.165) is 74.6 Å². The number of fused-ring (bicyclic) bond motifs is 2. The van der Waals surface area contributed by atoms with Crippen molar-refractivity contribution in [3.63, 3.8) is 0 Å². The number of nitrogens with zero attached hydrogens (tertiary/aromatic N) is 4. The second-order valence-corrected chi connectivity index (χ2v) is 12.1. The van der Waals surface area contributed by atoms with Crippen LogP contribution >= 0.6 is 0 Å². The zero-order valence-electron chi connectivity index (χ0n) is 25.4. The topological polar surface area (TPSA) is 90.0 Å². The number of nitrogens with one attached hydrogen (secondary N) is 2. The zero-order chi connectivity index (χ0) is 29.9. The van der Waals surface area contributed by atoms with Crippen LogP contribution < -0.4 is 25.2 Å². The Kier molecular flexibility index (Phi) is 8.51. The first-order valence-corrected chi connectivity index (χ1v) is 15.4. The highest BCUT2D eigenvalue weighted by Crippen LogP contribution is 2.38. The van der Waals surface area contributed by atoms with Gasteiger partial charge >= 0.3 is 0 Å². The molecule has 3 aliphatic heterocycles. The molecule has 2 amide bonds. The minimum Gasteiger partial charge on any atom is -0.496 e. The van der Waals surface area contributed by atoms with Crippen molar-refractivity contribution in [3.8, 4) is 5.75 Å². The van der Waals surface area contributed by atoms with Gasteiger partial charge in [-0.15, -0.1) is 0 Å². The molecular weight excluding hydrogens is 540 g/mol. The lowest BCUT2D eigenvalue weighted by Crippen LogP contribution is -2.50. The Balaban J connectivity index is 1.03. The molecule has 2 aromatic carbocycles. The van der Waals surface area contributed by atoms with Crippen molar-refractivity contribution in [3.05, 3.63) is 83.0 Å². The fourth-order valence-electron chi connectivity index (χ4n) is 6.90. The lowest BCUT2D eigenvalue weighted by atomic mass is 9.96. The third-order valence-electron chi connectivity index (χ3n) is 9.32. The lowest BCUT2D eigenvalue weighted by Gasteiger charge is -2.40. The molecule has 3 fully saturated rings. The van der Waals surface area contributed by atoms with E-state index in [-0.39, 0.29) is 17.9 Å². The summed E-state index contributed by atoms with van der Waals surface area (Å²) in [6.45, 7) is 6.54. The summed E-state index contributed by atoms with van der Waals surface area (Å²) >= 11 is 0. The molecule has 3 aliphatic rings. The molecule has 6 rings (SSSR count). The number of amides is 2. The Hall–Kier alpha value is -4.11. The van der Waals surface area contributed by atoms with Crippen molar-refractivity contribution >= 4 is 23.3 Å². The highest BCUT2D eigenvalue weighted by Gasteiger charge is 2.42. The molecule has 9 nitrogen and oxygen atoms in total. The Morgan fingerprint density at radius 1 is 0.953 bits per heavy atom. The van der Waals surface area contributed by atoms with Crippen LogP contribution in [0.4, 0.5) is 11.5 Å². The average molecular weight is 583 g/mol. The van der Waals surface area contributed by atoms with Gasteiger partial charge in [0.25, 0.3) is 11.8 Å². The largest absolute Gasteiger partial charge is 0.496 e. The standard InChI is InChI=1S/C34H42N6O3/c1-23-30(8-5-9-31(23)43-3)34(42)37-26-19-28-11-12-29(20-26)40(28)32-13-10-25(22-35-32)33(41)36-21-24-6-4-7-27(18-24)39-16-14-38(2)15-17-39/h4-10,13,18,22,26,28-29H,11-12,14-17,19-21H2,1-3H3,(H,36,41)(H,37,42)/t26-,28+,29-. The minimum atomic E-state index is -0.124. The van der Waals surface area contributed by atoms with Gasteiger partial charge in [-0.1, -0.05) is 18.2 Å². The number of piperidine rings is 1. The molecule has 226 valence electrons. The second-order valence-electron chi connectivity index (χ2n) is 12.1. The highest BCUT2D eigenvalue weighted by atomic mass is 16.5. The van der Waals surface area contributed by atoms with Gasteiger partial charge in [-0.3, -0.25) is 9.59 Å². The van der Waals surface area contributed by atoms with Gasteiger partial charge in [0.05, 0.1) is 12.7 Å². The fourth-order valence-corrected chi connectivity index (χ4v) is 6.90. The van der Waals surface area contributed by atoms with E-state index in [4.69, 9.17) is 9.72 Å². The fraction of sp³-hybridized carbons (Fsp3) is 0.441. The van der Waals surface area contributed by atoms with Crippen LogP contribution in [0.25, 0.3) is 0 Å². The van der Waals surface area contributed by atoms with Crippen LogP contribution in [0.5, 0.6) is 5.75 Å². The maximum absolute atomic E-state index is 13.1. The maximum Gasteiger partial charge on any atom is 0.253 e. The Morgan fingerprint density at radius 3 is 2.40 bits per heavy atom. The molecule has 9 heteroatoms. The number of piperazine rings is 1. The van der Waals surface area contributed by atoms with Gasteiger partial charge in [0, 0.05) is 73.9 Å². The third kappa shape index (κ3) is 6.32. The van der Waals surface area contributed by atoms with Gasteiger partial charge in [0.15, 0.2) is 0 Å². The molecule has 1 aromatic heterocycles. The number of pyridine rings is 1. The van der Waals surface area contributed by atoms with Crippen LogP contribution in [0, 0.1) is 6.92 Å². The van der Waals surface area contributed by atoms with E-state index in [1.807, 2.05) is 37.3 Å². The molecule has 0 unspecified atom stereocenters. The number of hydrogen-bond donors (Lipinski definition) is 2. The molecule has 2 N–H and O–H groups in total. The molecule has 3 saturated heterocycles. The van der Waals surface area contributed by atoms with E-state index < -0.39 is 0 Å². The van der Waals surface area contributed by atoms with Crippen molar-refractivity contribution in [2.45, 2.75) is 57.3 Å². The van der Waals surface area contributed by atoms with E-state index in [0.29, 0.717) is 29.8 Å². The zero-order valence-corrected chi connectivity index (χ0v) is 25.4. The summed E-state index contributed by atoms with van der Waals surface area (Å²) in [7, 11) is 3.78. The van der Waals surface area contributed by atoms with Crippen LogP contribution in [0.3, 0.4) is 0 Å². The number of likely N-dealkylation sites (N-methyl/N-ethyl adjacent to an activating group) is 1. The van der Waals surface area contributed by atoms with Gasteiger partial charge in [-0.2, -0.15) is 0 Å². The molecular formula is C34H42N6O3. The van der Waals surface area contributed by atoms with Crippen molar-refractivity contribution < 1.29 is 14.3 Å². The lowest BCUT2D eigenvalue weighted by molar-refractivity contribution is 0.0923. The Bertz CT molecular complexity index is 1440. The monoisotopic (exact) mass is 582 g/mol. The third-order valence-corrected chi connectivity index (χ3v) is 9.32. The smallest absolute Gasteiger partial charge is 0.253 e. The summed E-state index contributed by atoms with van der Waals surface area (Å²) in [5, 5.41) is 6.34. The first kappa shape index (κ1) is 29.0. The number of anilines is 2. The summed E-state index contributed by atoms with van der Waals surface area (Å²) in [5.41, 5.74) is 4.37. The van der Waals surface area contributed by atoms with Gasteiger partial charge in [-0.05, 0) is 81.6 Å². The molecule has 3 aromatic rings. The average Bonchev–Trinajstić information content (AvgIpc) is 3.30. The predicted molar refractivity (Wildman–Crippen MR) is 169 cm³/mol. The first-order valence-electron chi connectivity index (χ1n) is 15.4. The molecule has 0 aliphatic carbocycles. The van der Waals surface area contributed by atoms with E-state index in [2.05, 4.69) is 56.6 Å².